The molecule has 6 nitrogen and oxygen atoms in total. The van der Waals surface area contributed by atoms with Crippen molar-refractivity contribution >= 4 is 17.5 Å². The summed E-state index contributed by atoms with van der Waals surface area (Å²) in [6.07, 6.45) is -0.252. The number of para-hydroxylation sites is 1. The van der Waals surface area contributed by atoms with Crippen LogP contribution in [0.25, 0.3) is 0 Å². The van der Waals surface area contributed by atoms with Crippen LogP contribution >= 0.6 is 11.6 Å². The number of aromatic nitrogens is 2. The van der Waals surface area contributed by atoms with E-state index in [2.05, 4.69) is 10.4 Å². The molecule has 1 atom stereocenters. The van der Waals surface area contributed by atoms with Gasteiger partial charge in [0.15, 0.2) is 0 Å². The van der Waals surface area contributed by atoms with Crippen molar-refractivity contribution in [3.8, 4) is 11.6 Å². The van der Waals surface area contributed by atoms with Gasteiger partial charge in [-0.3, -0.25) is 9.48 Å². The minimum absolute atomic E-state index is 0.206. The lowest BCUT2D eigenvalue weighted by atomic mass is 10.0. The van der Waals surface area contributed by atoms with Gasteiger partial charge >= 0.3 is 0 Å². The van der Waals surface area contributed by atoms with Crippen LogP contribution in [-0.4, -0.2) is 22.8 Å². The molecule has 0 aliphatic carbocycles. The van der Waals surface area contributed by atoms with Gasteiger partial charge in [0, 0.05) is 28.9 Å². The summed E-state index contributed by atoms with van der Waals surface area (Å²) in [5.41, 5.74) is 3.96. The molecule has 3 rings (SSSR count). The third-order valence-electron chi connectivity index (χ3n) is 5.12. The normalized spacial score (nSPS) is 11.8. The van der Waals surface area contributed by atoms with E-state index in [4.69, 9.17) is 21.1 Å². The highest BCUT2D eigenvalue weighted by molar-refractivity contribution is 6.31. The Morgan fingerprint density at radius 2 is 1.93 bits per heavy atom. The Morgan fingerprint density at radius 1 is 1.23 bits per heavy atom. The van der Waals surface area contributed by atoms with E-state index in [0.717, 1.165) is 28.1 Å². The molecule has 158 valence electrons. The van der Waals surface area contributed by atoms with Crippen molar-refractivity contribution in [2.45, 2.75) is 33.4 Å². The smallest absolute Gasteiger partial charge is 0.251 e. The average Bonchev–Trinajstić information content (AvgIpc) is 3.01. The van der Waals surface area contributed by atoms with Crippen LogP contribution in [0.4, 0.5) is 0 Å². The molecule has 1 N–H and O–H groups in total. The van der Waals surface area contributed by atoms with Crippen LogP contribution in [0.5, 0.6) is 11.6 Å². The minimum Gasteiger partial charge on any atom is -0.486 e. The molecule has 0 saturated heterocycles. The van der Waals surface area contributed by atoms with Gasteiger partial charge in [0.2, 0.25) is 5.88 Å². The topological polar surface area (TPSA) is 65.4 Å². The second-order valence-electron chi connectivity index (χ2n) is 7.14. The molecule has 0 aliphatic heterocycles. The number of methoxy groups -OCH3 is 1. The number of benzene rings is 2. The first-order valence-corrected chi connectivity index (χ1v) is 10.1. The molecule has 2 aromatic carbocycles. The van der Waals surface area contributed by atoms with E-state index in [9.17, 15) is 4.79 Å². The first kappa shape index (κ1) is 21.7. The van der Waals surface area contributed by atoms with Crippen molar-refractivity contribution in [2.75, 3.05) is 7.11 Å². The number of rotatable bonds is 7. The highest BCUT2D eigenvalue weighted by atomic mass is 35.5. The molecule has 0 fully saturated rings. The summed E-state index contributed by atoms with van der Waals surface area (Å²) in [7, 11) is 3.40. The van der Waals surface area contributed by atoms with Crippen LogP contribution < -0.4 is 14.8 Å². The predicted octanol–water partition coefficient (Wildman–Crippen LogP) is 4.77. The van der Waals surface area contributed by atoms with E-state index >= 15 is 0 Å². The number of carbonyl (C=O) groups is 1. The van der Waals surface area contributed by atoms with Crippen molar-refractivity contribution in [3.63, 3.8) is 0 Å². The maximum Gasteiger partial charge on any atom is 0.251 e. The Bertz CT molecular complexity index is 1050. The summed E-state index contributed by atoms with van der Waals surface area (Å²) < 4.78 is 13.0. The van der Waals surface area contributed by atoms with Gasteiger partial charge < -0.3 is 14.8 Å². The quantitative estimate of drug-likeness (QED) is 0.589. The molecule has 30 heavy (non-hydrogen) atoms. The molecule has 1 aromatic heterocycles. The van der Waals surface area contributed by atoms with Crippen molar-refractivity contribution in [3.05, 3.63) is 75.4 Å². The van der Waals surface area contributed by atoms with Gasteiger partial charge in [-0.15, -0.1) is 5.10 Å². The van der Waals surface area contributed by atoms with Crippen LogP contribution in [0, 0.1) is 13.8 Å². The lowest BCUT2D eigenvalue weighted by Gasteiger charge is -2.18. The Morgan fingerprint density at radius 3 is 2.60 bits per heavy atom. The van der Waals surface area contributed by atoms with Gasteiger partial charge in [0.05, 0.1) is 19.2 Å². The Hall–Kier alpha value is -2.99. The monoisotopic (exact) mass is 427 g/mol. The predicted molar refractivity (Wildman–Crippen MR) is 117 cm³/mol. The summed E-state index contributed by atoms with van der Waals surface area (Å²) in [4.78, 5) is 12.8. The molecular formula is C23H26ClN3O3. The molecule has 3 aromatic rings. The first-order chi connectivity index (χ1) is 14.3. The number of hydrogen-bond donors (Lipinski definition) is 1. The highest BCUT2D eigenvalue weighted by Gasteiger charge is 2.19. The summed E-state index contributed by atoms with van der Waals surface area (Å²) in [6.45, 7) is 6.07. The number of carbonyl (C=O) groups excluding carboxylic acids is 1. The zero-order chi connectivity index (χ0) is 21.8. The van der Waals surface area contributed by atoms with Crippen LogP contribution in [0.3, 0.4) is 0 Å². The first-order valence-electron chi connectivity index (χ1n) is 9.68. The number of ether oxygens (including phenoxy) is 2. The molecule has 0 bridgehead atoms. The van der Waals surface area contributed by atoms with Crippen LogP contribution in [0.2, 0.25) is 5.02 Å². The maximum absolute atomic E-state index is 12.8. The Balaban J connectivity index is 1.75. The summed E-state index contributed by atoms with van der Waals surface area (Å²) in [5.74, 6) is 1.07. The molecule has 0 spiro atoms. The van der Waals surface area contributed by atoms with Crippen molar-refractivity contribution in [2.24, 2.45) is 7.05 Å². The molecule has 0 aliphatic rings. The molecule has 1 heterocycles. The largest absolute Gasteiger partial charge is 0.486 e. The van der Waals surface area contributed by atoms with Crippen molar-refractivity contribution in [1.82, 2.24) is 15.1 Å². The van der Waals surface area contributed by atoms with Gasteiger partial charge in [0.25, 0.3) is 5.91 Å². The molecule has 7 heteroatoms. The van der Waals surface area contributed by atoms with Gasteiger partial charge in [0.1, 0.15) is 11.9 Å². The van der Waals surface area contributed by atoms with Crippen molar-refractivity contribution < 1.29 is 14.3 Å². The highest BCUT2D eigenvalue weighted by Crippen LogP contribution is 2.30. The maximum atomic E-state index is 12.8. The Kier molecular flexibility index (Phi) is 6.67. The second kappa shape index (κ2) is 9.22. The summed E-state index contributed by atoms with van der Waals surface area (Å²) in [6, 6.07) is 13.2. The van der Waals surface area contributed by atoms with Gasteiger partial charge in [-0.1, -0.05) is 35.9 Å². The molecule has 0 radical (unpaired) electrons. The van der Waals surface area contributed by atoms with E-state index in [-0.39, 0.29) is 12.0 Å². The third-order valence-corrected chi connectivity index (χ3v) is 5.45. The van der Waals surface area contributed by atoms with Crippen LogP contribution in [0.1, 0.15) is 45.8 Å². The van der Waals surface area contributed by atoms with Crippen molar-refractivity contribution in [1.29, 1.82) is 0 Å². The number of aryl methyl sites for hydroxylation is 2. The van der Waals surface area contributed by atoms with Gasteiger partial charge in [-0.05, 0) is 44.5 Å². The second-order valence-corrected chi connectivity index (χ2v) is 7.55. The third kappa shape index (κ3) is 4.60. The number of halogens is 1. The summed E-state index contributed by atoms with van der Waals surface area (Å²) >= 11 is 6.51. The summed E-state index contributed by atoms with van der Waals surface area (Å²) in [5, 5.41) is 7.71. The van der Waals surface area contributed by atoms with Gasteiger partial charge in [-0.25, -0.2) is 0 Å². The zero-order valence-electron chi connectivity index (χ0n) is 17.8. The SMILES string of the molecule is COc1nn(C)c(C)c1CNC(=O)c1cc(Cl)c(C(C)Oc2ccccc2)cc1C. The van der Waals surface area contributed by atoms with E-state index < -0.39 is 0 Å². The van der Waals surface area contributed by atoms with Crippen LogP contribution in [0.15, 0.2) is 42.5 Å². The van der Waals surface area contributed by atoms with Crippen LogP contribution in [-0.2, 0) is 13.6 Å². The molecule has 1 unspecified atom stereocenters. The zero-order valence-corrected chi connectivity index (χ0v) is 18.6. The number of amides is 1. The Labute approximate surface area is 181 Å². The number of hydrogen-bond acceptors (Lipinski definition) is 4. The van der Waals surface area contributed by atoms with E-state index in [1.165, 1.54) is 0 Å². The number of nitrogens with one attached hydrogen (secondary N) is 1. The lowest BCUT2D eigenvalue weighted by molar-refractivity contribution is 0.0950. The fraction of sp³-hybridized carbons (Fsp3) is 0.304. The minimum atomic E-state index is -0.252. The lowest BCUT2D eigenvalue weighted by Crippen LogP contribution is -2.24. The molecule has 1 amide bonds. The van der Waals surface area contributed by atoms with E-state index in [1.54, 1.807) is 17.9 Å². The van der Waals surface area contributed by atoms with E-state index in [0.29, 0.717) is 23.0 Å². The standard InChI is InChI=1S/C23H26ClN3O3/c1-14-11-19(16(3)30-17-9-7-6-8-10-17)21(24)12-18(14)22(28)25-13-20-15(2)27(4)26-23(20)29-5/h6-12,16H,13H2,1-5H3,(H,25,28). The molecular weight excluding hydrogens is 402 g/mol. The average molecular weight is 428 g/mol. The fourth-order valence-corrected chi connectivity index (χ4v) is 3.60. The fourth-order valence-electron chi connectivity index (χ4n) is 3.28. The van der Waals surface area contributed by atoms with E-state index in [1.807, 2.05) is 64.2 Å². The number of nitrogens with zero attached hydrogens (tertiary/aromatic N) is 2. The van der Waals surface area contributed by atoms with Gasteiger partial charge in [-0.2, -0.15) is 0 Å². The molecule has 0 saturated carbocycles.